The minimum absolute atomic E-state index is 0.0212. The third-order valence-electron chi connectivity index (χ3n) is 3.40. The molecule has 96 valence electrons. The van der Waals surface area contributed by atoms with Crippen LogP contribution in [0.15, 0.2) is 24.3 Å². The highest BCUT2D eigenvalue weighted by Gasteiger charge is 2.34. The third kappa shape index (κ3) is 2.37. The van der Waals surface area contributed by atoms with Crippen molar-refractivity contribution < 1.29 is 9.59 Å². The van der Waals surface area contributed by atoms with Crippen molar-refractivity contribution in [3.63, 3.8) is 0 Å². The first-order chi connectivity index (χ1) is 8.65. The molecule has 1 atom stereocenters. The van der Waals surface area contributed by atoms with Crippen molar-refractivity contribution in [2.45, 2.75) is 19.8 Å². The van der Waals surface area contributed by atoms with Gasteiger partial charge in [-0.25, -0.2) is 0 Å². The van der Waals surface area contributed by atoms with E-state index < -0.39 is 0 Å². The van der Waals surface area contributed by atoms with Crippen molar-refractivity contribution in [1.82, 2.24) is 5.32 Å². The highest BCUT2D eigenvalue weighted by molar-refractivity contribution is 6.00. The molecule has 0 radical (unpaired) electrons. The van der Waals surface area contributed by atoms with Crippen LogP contribution in [0.1, 0.15) is 18.9 Å². The molecule has 1 aliphatic heterocycles. The van der Waals surface area contributed by atoms with Gasteiger partial charge >= 0.3 is 0 Å². The second-order valence-electron chi connectivity index (χ2n) is 4.54. The molecule has 2 rings (SSSR count). The van der Waals surface area contributed by atoms with Crippen LogP contribution in [0.2, 0.25) is 0 Å². The topological polar surface area (TPSA) is 49.4 Å². The Kier molecular flexibility index (Phi) is 3.65. The summed E-state index contributed by atoms with van der Waals surface area (Å²) in [6.45, 7) is 2.57. The van der Waals surface area contributed by atoms with Gasteiger partial charge in [0.25, 0.3) is 0 Å². The molecule has 1 unspecified atom stereocenters. The van der Waals surface area contributed by atoms with Gasteiger partial charge in [0, 0.05) is 25.7 Å². The standard InChI is InChI=1S/C14H18N2O2/c1-3-10-4-6-12(7-5-10)16-9-11(8-13(16)17)14(18)15-2/h4-7,11H,3,8-9H2,1-2H3,(H,15,18). The number of nitrogens with zero attached hydrogens (tertiary/aromatic N) is 1. The van der Waals surface area contributed by atoms with E-state index in [1.807, 2.05) is 24.3 Å². The lowest BCUT2D eigenvalue weighted by atomic mass is 10.1. The van der Waals surface area contributed by atoms with Gasteiger partial charge in [0.05, 0.1) is 5.92 Å². The van der Waals surface area contributed by atoms with Gasteiger partial charge in [0.1, 0.15) is 0 Å². The van der Waals surface area contributed by atoms with Crippen molar-refractivity contribution in [2.75, 3.05) is 18.5 Å². The van der Waals surface area contributed by atoms with Crippen LogP contribution in [0.5, 0.6) is 0 Å². The van der Waals surface area contributed by atoms with Crippen molar-refractivity contribution in [3.8, 4) is 0 Å². The minimum Gasteiger partial charge on any atom is -0.359 e. The van der Waals surface area contributed by atoms with Crippen molar-refractivity contribution in [3.05, 3.63) is 29.8 Å². The summed E-state index contributed by atoms with van der Waals surface area (Å²) < 4.78 is 0. The van der Waals surface area contributed by atoms with Gasteiger partial charge in [-0.2, -0.15) is 0 Å². The molecule has 0 spiro atoms. The summed E-state index contributed by atoms with van der Waals surface area (Å²) in [7, 11) is 1.60. The molecule has 4 heteroatoms. The quantitative estimate of drug-likeness (QED) is 0.875. The molecule has 0 aromatic heterocycles. The van der Waals surface area contributed by atoms with E-state index in [1.54, 1.807) is 11.9 Å². The zero-order valence-electron chi connectivity index (χ0n) is 10.8. The van der Waals surface area contributed by atoms with Crippen LogP contribution in [0, 0.1) is 5.92 Å². The molecule has 1 heterocycles. The largest absolute Gasteiger partial charge is 0.359 e. The van der Waals surface area contributed by atoms with Crippen molar-refractivity contribution in [2.24, 2.45) is 5.92 Å². The van der Waals surface area contributed by atoms with Crippen LogP contribution in [-0.4, -0.2) is 25.4 Å². The number of rotatable bonds is 3. The Morgan fingerprint density at radius 2 is 2.06 bits per heavy atom. The van der Waals surface area contributed by atoms with E-state index in [0.29, 0.717) is 13.0 Å². The fraction of sp³-hybridized carbons (Fsp3) is 0.429. The van der Waals surface area contributed by atoms with Gasteiger partial charge in [-0.15, -0.1) is 0 Å². The maximum absolute atomic E-state index is 11.9. The molecule has 2 amide bonds. The molecule has 1 aromatic carbocycles. The normalized spacial score (nSPS) is 19.1. The Labute approximate surface area is 107 Å². The zero-order valence-corrected chi connectivity index (χ0v) is 10.8. The molecular weight excluding hydrogens is 228 g/mol. The van der Waals surface area contributed by atoms with E-state index >= 15 is 0 Å². The van der Waals surface area contributed by atoms with Crippen molar-refractivity contribution >= 4 is 17.5 Å². The van der Waals surface area contributed by atoms with Gasteiger partial charge in [-0.05, 0) is 24.1 Å². The van der Waals surface area contributed by atoms with Crippen LogP contribution < -0.4 is 10.2 Å². The molecule has 1 aliphatic rings. The van der Waals surface area contributed by atoms with Gasteiger partial charge in [0.2, 0.25) is 11.8 Å². The lowest BCUT2D eigenvalue weighted by Crippen LogP contribution is -2.30. The highest BCUT2D eigenvalue weighted by atomic mass is 16.2. The Balaban J connectivity index is 2.13. The van der Waals surface area contributed by atoms with Crippen LogP contribution in [-0.2, 0) is 16.0 Å². The average molecular weight is 246 g/mol. The summed E-state index contributed by atoms with van der Waals surface area (Å²) in [5.74, 6) is -0.266. The van der Waals surface area contributed by atoms with Crippen LogP contribution in [0.3, 0.4) is 0 Å². The zero-order chi connectivity index (χ0) is 13.1. The van der Waals surface area contributed by atoms with Gasteiger partial charge < -0.3 is 10.2 Å². The van der Waals surface area contributed by atoms with E-state index in [4.69, 9.17) is 0 Å². The summed E-state index contributed by atoms with van der Waals surface area (Å²) in [5.41, 5.74) is 2.12. The molecule has 0 saturated carbocycles. The van der Waals surface area contributed by atoms with Crippen LogP contribution in [0.25, 0.3) is 0 Å². The van der Waals surface area contributed by atoms with E-state index in [9.17, 15) is 9.59 Å². The molecule has 1 fully saturated rings. The Hall–Kier alpha value is -1.84. The molecule has 0 aliphatic carbocycles. The first-order valence-corrected chi connectivity index (χ1v) is 6.26. The SMILES string of the molecule is CCc1ccc(N2CC(C(=O)NC)CC2=O)cc1. The number of hydrogen-bond acceptors (Lipinski definition) is 2. The number of anilines is 1. The number of carbonyl (C=O) groups is 2. The second-order valence-corrected chi connectivity index (χ2v) is 4.54. The third-order valence-corrected chi connectivity index (χ3v) is 3.40. The van der Waals surface area contributed by atoms with E-state index in [2.05, 4.69) is 12.2 Å². The number of nitrogens with one attached hydrogen (secondary N) is 1. The van der Waals surface area contributed by atoms with E-state index in [1.165, 1.54) is 5.56 Å². The van der Waals surface area contributed by atoms with Gasteiger partial charge in [-0.3, -0.25) is 9.59 Å². The Morgan fingerprint density at radius 3 is 2.61 bits per heavy atom. The Bertz CT molecular complexity index is 453. The lowest BCUT2D eigenvalue weighted by molar-refractivity contribution is -0.125. The smallest absolute Gasteiger partial charge is 0.227 e. The average Bonchev–Trinajstić information content (AvgIpc) is 2.80. The number of aryl methyl sites for hydroxylation is 1. The summed E-state index contributed by atoms with van der Waals surface area (Å²) in [5, 5.41) is 2.60. The summed E-state index contributed by atoms with van der Waals surface area (Å²) in [6, 6.07) is 7.94. The first kappa shape index (κ1) is 12.6. The summed E-state index contributed by atoms with van der Waals surface area (Å²) in [6.07, 6.45) is 1.28. The lowest BCUT2D eigenvalue weighted by Gasteiger charge is -2.16. The predicted octanol–water partition coefficient (Wildman–Crippen LogP) is 1.35. The minimum atomic E-state index is -0.228. The molecule has 0 bridgehead atoms. The Morgan fingerprint density at radius 1 is 1.39 bits per heavy atom. The van der Waals surface area contributed by atoms with Gasteiger partial charge in [-0.1, -0.05) is 19.1 Å². The van der Waals surface area contributed by atoms with E-state index in [0.717, 1.165) is 12.1 Å². The fourth-order valence-electron chi connectivity index (χ4n) is 2.25. The number of hydrogen-bond donors (Lipinski definition) is 1. The maximum Gasteiger partial charge on any atom is 0.227 e. The summed E-state index contributed by atoms with van der Waals surface area (Å²) >= 11 is 0. The summed E-state index contributed by atoms with van der Waals surface area (Å²) in [4.78, 5) is 25.1. The predicted molar refractivity (Wildman–Crippen MR) is 70.3 cm³/mol. The molecule has 4 nitrogen and oxygen atoms in total. The molecule has 1 aromatic rings. The maximum atomic E-state index is 11.9. The van der Waals surface area contributed by atoms with Crippen molar-refractivity contribution in [1.29, 1.82) is 0 Å². The fourth-order valence-corrected chi connectivity index (χ4v) is 2.25. The molecule has 1 N–H and O–H groups in total. The molecule has 18 heavy (non-hydrogen) atoms. The monoisotopic (exact) mass is 246 g/mol. The van der Waals surface area contributed by atoms with Crippen LogP contribution in [0.4, 0.5) is 5.69 Å². The molecule has 1 saturated heterocycles. The second kappa shape index (κ2) is 5.21. The number of amides is 2. The highest BCUT2D eigenvalue weighted by Crippen LogP contribution is 2.25. The number of benzene rings is 1. The molecular formula is C14H18N2O2. The number of carbonyl (C=O) groups excluding carboxylic acids is 2. The van der Waals surface area contributed by atoms with Gasteiger partial charge in [0.15, 0.2) is 0 Å². The van der Waals surface area contributed by atoms with Crippen LogP contribution >= 0.6 is 0 Å². The van der Waals surface area contributed by atoms with E-state index in [-0.39, 0.29) is 17.7 Å². The first-order valence-electron chi connectivity index (χ1n) is 6.26.